The van der Waals surface area contributed by atoms with Gasteiger partial charge in [-0.3, -0.25) is 0 Å². The summed E-state index contributed by atoms with van der Waals surface area (Å²) in [6.45, 7) is 0. The molecule has 2 rings (SSSR count). The average molecular weight is 159 g/mol. The molecule has 0 aliphatic heterocycles. The Balaban J connectivity index is 2.51. The van der Waals surface area contributed by atoms with Gasteiger partial charge >= 0.3 is 0 Å². The highest BCUT2D eigenvalue weighted by atomic mass is 14.9. The van der Waals surface area contributed by atoms with E-state index in [4.69, 9.17) is 0 Å². The molecule has 2 heterocycles. The first kappa shape index (κ1) is 7.03. The molecule has 2 aromatic heterocycles. The zero-order valence-corrected chi connectivity index (χ0v) is 6.81. The van der Waals surface area contributed by atoms with Crippen LogP contribution in [-0.4, -0.2) is 14.5 Å². The average Bonchev–Trinajstić information content (AvgIpc) is 2.53. The van der Waals surface area contributed by atoms with Gasteiger partial charge in [0.05, 0.1) is 5.69 Å². The maximum atomic E-state index is 3.96. The van der Waals surface area contributed by atoms with Gasteiger partial charge < -0.3 is 4.57 Å². The highest BCUT2D eigenvalue weighted by molar-refractivity contribution is 5.57. The Labute approximate surface area is 70.7 Å². The predicted molar refractivity (Wildman–Crippen MR) is 46.4 cm³/mol. The van der Waals surface area contributed by atoms with Gasteiger partial charge in [-0.25, -0.2) is 9.97 Å². The third-order valence-electron chi connectivity index (χ3n) is 1.80. The van der Waals surface area contributed by atoms with E-state index in [1.807, 2.05) is 42.3 Å². The van der Waals surface area contributed by atoms with E-state index in [9.17, 15) is 0 Å². The molecule has 0 aliphatic carbocycles. The summed E-state index contributed by atoms with van der Waals surface area (Å²) in [4.78, 5) is 7.91. The van der Waals surface area contributed by atoms with Crippen LogP contribution in [0.3, 0.4) is 0 Å². The van der Waals surface area contributed by atoms with Crippen LogP contribution in [0.5, 0.6) is 0 Å². The van der Waals surface area contributed by atoms with Crippen LogP contribution in [0.25, 0.3) is 11.3 Å². The van der Waals surface area contributed by atoms with Gasteiger partial charge in [-0.05, 0) is 12.1 Å². The van der Waals surface area contributed by atoms with Crippen molar-refractivity contribution in [1.29, 1.82) is 0 Å². The lowest BCUT2D eigenvalue weighted by molar-refractivity contribution is 0.933. The molecule has 0 bridgehead atoms. The van der Waals surface area contributed by atoms with Crippen LogP contribution in [0.2, 0.25) is 0 Å². The lowest BCUT2D eigenvalue weighted by Gasteiger charge is -2.00. The van der Waals surface area contributed by atoms with Gasteiger partial charge in [-0.15, -0.1) is 0 Å². The Bertz CT molecular complexity index is 364. The van der Waals surface area contributed by atoms with Gasteiger partial charge in [0.25, 0.3) is 0 Å². The quantitative estimate of drug-likeness (QED) is 0.631. The van der Waals surface area contributed by atoms with Gasteiger partial charge in [-0.2, -0.15) is 0 Å². The Morgan fingerprint density at radius 3 is 2.58 bits per heavy atom. The van der Waals surface area contributed by atoms with Crippen LogP contribution in [0.4, 0.5) is 0 Å². The van der Waals surface area contributed by atoms with E-state index in [1.165, 1.54) is 6.33 Å². The van der Waals surface area contributed by atoms with Crippen molar-refractivity contribution in [3.63, 3.8) is 0 Å². The Morgan fingerprint density at radius 2 is 2.00 bits per heavy atom. The van der Waals surface area contributed by atoms with Crippen LogP contribution in [0, 0.1) is 0 Å². The van der Waals surface area contributed by atoms with Crippen LogP contribution in [0.15, 0.2) is 37.1 Å². The number of hydrogen-bond donors (Lipinski definition) is 0. The SMILES string of the molecule is Cn1cccc1-c1cncnc1. The molecule has 0 saturated heterocycles. The Hall–Kier alpha value is -1.64. The fourth-order valence-corrected chi connectivity index (χ4v) is 1.19. The van der Waals surface area contributed by atoms with E-state index >= 15 is 0 Å². The summed E-state index contributed by atoms with van der Waals surface area (Å²) in [5.74, 6) is 0. The summed E-state index contributed by atoms with van der Waals surface area (Å²) in [7, 11) is 2.00. The van der Waals surface area contributed by atoms with Crippen molar-refractivity contribution in [2.75, 3.05) is 0 Å². The molecule has 12 heavy (non-hydrogen) atoms. The molecule has 0 radical (unpaired) electrons. The molecule has 3 heteroatoms. The molecule has 0 N–H and O–H groups in total. The molecule has 0 aliphatic rings. The summed E-state index contributed by atoms with van der Waals surface area (Å²) in [5, 5.41) is 0. The predicted octanol–water partition coefficient (Wildman–Crippen LogP) is 1.48. The molecule has 0 atom stereocenters. The smallest absolute Gasteiger partial charge is 0.115 e. The number of rotatable bonds is 1. The summed E-state index contributed by atoms with van der Waals surface area (Å²) in [6.07, 6.45) is 7.15. The monoisotopic (exact) mass is 159 g/mol. The lowest BCUT2D eigenvalue weighted by Crippen LogP contribution is -1.90. The van der Waals surface area contributed by atoms with Crippen LogP contribution in [0.1, 0.15) is 0 Å². The molecule has 0 unspecified atom stereocenters. The molecule has 0 amide bonds. The second kappa shape index (κ2) is 2.77. The Kier molecular flexibility index (Phi) is 1.63. The van der Waals surface area contributed by atoms with Crippen molar-refractivity contribution in [1.82, 2.24) is 14.5 Å². The summed E-state index contributed by atoms with van der Waals surface area (Å²) in [5.41, 5.74) is 2.18. The Morgan fingerprint density at radius 1 is 1.25 bits per heavy atom. The summed E-state index contributed by atoms with van der Waals surface area (Å²) in [6, 6.07) is 4.04. The van der Waals surface area contributed by atoms with E-state index in [0.717, 1.165) is 11.3 Å². The number of aryl methyl sites for hydroxylation is 1. The molecule has 3 nitrogen and oxygen atoms in total. The minimum Gasteiger partial charge on any atom is -0.350 e. The molecule has 0 saturated carbocycles. The van der Waals surface area contributed by atoms with Crippen LogP contribution >= 0.6 is 0 Å². The van der Waals surface area contributed by atoms with Crippen molar-refractivity contribution in [2.45, 2.75) is 0 Å². The van der Waals surface area contributed by atoms with E-state index in [0.29, 0.717) is 0 Å². The van der Waals surface area contributed by atoms with Crippen molar-refractivity contribution < 1.29 is 0 Å². The van der Waals surface area contributed by atoms with Crippen LogP contribution in [-0.2, 0) is 7.05 Å². The molecule has 0 fully saturated rings. The first-order valence-electron chi connectivity index (χ1n) is 3.74. The van der Waals surface area contributed by atoms with Crippen molar-refractivity contribution in [3.8, 4) is 11.3 Å². The van der Waals surface area contributed by atoms with E-state index in [-0.39, 0.29) is 0 Å². The fraction of sp³-hybridized carbons (Fsp3) is 0.111. The number of nitrogens with zero attached hydrogens (tertiary/aromatic N) is 3. The topological polar surface area (TPSA) is 30.7 Å². The van der Waals surface area contributed by atoms with Gasteiger partial charge in [0.2, 0.25) is 0 Å². The van der Waals surface area contributed by atoms with Gasteiger partial charge in [0.15, 0.2) is 0 Å². The first-order chi connectivity index (χ1) is 5.88. The molecule has 0 spiro atoms. The minimum absolute atomic E-state index is 1.05. The second-order valence-electron chi connectivity index (χ2n) is 2.63. The molecular formula is C9H9N3. The molecule has 0 aromatic carbocycles. The largest absolute Gasteiger partial charge is 0.350 e. The summed E-state index contributed by atoms with van der Waals surface area (Å²) < 4.78 is 2.04. The highest BCUT2D eigenvalue weighted by Crippen LogP contribution is 2.15. The molecule has 2 aromatic rings. The van der Waals surface area contributed by atoms with Gasteiger partial charge in [0.1, 0.15) is 6.33 Å². The maximum Gasteiger partial charge on any atom is 0.115 e. The van der Waals surface area contributed by atoms with E-state index in [1.54, 1.807) is 0 Å². The van der Waals surface area contributed by atoms with Crippen LogP contribution < -0.4 is 0 Å². The fourth-order valence-electron chi connectivity index (χ4n) is 1.19. The van der Waals surface area contributed by atoms with Crippen molar-refractivity contribution >= 4 is 0 Å². The zero-order valence-electron chi connectivity index (χ0n) is 6.81. The normalized spacial score (nSPS) is 10.1. The third kappa shape index (κ3) is 1.09. The standard InChI is InChI=1S/C9H9N3/c1-12-4-2-3-9(12)8-5-10-7-11-6-8/h2-7H,1H3. The second-order valence-corrected chi connectivity index (χ2v) is 2.63. The lowest BCUT2D eigenvalue weighted by atomic mass is 10.2. The van der Waals surface area contributed by atoms with Gasteiger partial charge in [0, 0.05) is 31.2 Å². The first-order valence-corrected chi connectivity index (χ1v) is 3.74. The number of aromatic nitrogens is 3. The van der Waals surface area contributed by atoms with Crippen molar-refractivity contribution in [3.05, 3.63) is 37.1 Å². The third-order valence-corrected chi connectivity index (χ3v) is 1.80. The van der Waals surface area contributed by atoms with Crippen molar-refractivity contribution in [2.24, 2.45) is 7.05 Å². The zero-order chi connectivity index (χ0) is 8.39. The van der Waals surface area contributed by atoms with E-state index in [2.05, 4.69) is 9.97 Å². The maximum absolute atomic E-state index is 3.96. The summed E-state index contributed by atoms with van der Waals surface area (Å²) >= 11 is 0. The highest BCUT2D eigenvalue weighted by Gasteiger charge is 1.99. The minimum atomic E-state index is 1.05. The number of hydrogen-bond acceptors (Lipinski definition) is 2. The molecular weight excluding hydrogens is 150 g/mol. The molecule has 60 valence electrons. The van der Waals surface area contributed by atoms with E-state index < -0.39 is 0 Å². The van der Waals surface area contributed by atoms with Gasteiger partial charge in [-0.1, -0.05) is 0 Å².